The molecule has 5 heteroatoms. The second-order valence-corrected chi connectivity index (χ2v) is 5.76. The summed E-state index contributed by atoms with van der Waals surface area (Å²) < 4.78 is 0. The summed E-state index contributed by atoms with van der Waals surface area (Å²) in [6.07, 6.45) is 6.27. The molecule has 0 saturated carbocycles. The summed E-state index contributed by atoms with van der Waals surface area (Å²) in [5.41, 5.74) is 0. The maximum Gasteiger partial charge on any atom is 0.245 e. The monoisotopic (exact) mass is 267 g/mol. The maximum atomic E-state index is 12.6. The van der Waals surface area contributed by atoms with Crippen molar-refractivity contribution in [2.24, 2.45) is 0 Å². The molecule has 5 nitrogen and oxygen atoms in total. The average Bonchev–Trinajstić information content (AvgIpc) is 2.71. The van der Waals surface area contributed by atoms with Crippen LogP contribution in [0, 0.1) is 0 Å². The number of carbonyl (C=O) groups is 2. The largest absolute Gasteiger partial charge is 0.343 e. The molecule has 0 aliphatic carbocycles. The number of hydrogen-bond donors (Lipinski definition) is 2. The first kappa shape index (κ1) is 14.3. The van der Waals surface area contributed by atoms with Crippen LogP contribution in [0.4, 0.5) is 0 Å². The molecule has 2 N–H and O–H groups in total. The zero-order valence-corrected chi connectivity index (χ0v) is 11.9. The zero-order valence-electron chi connectivity index (χ0n) is 11.9. The Morgan fingerprint density at radius 1 is 1.26 bits per heavy atom. The molecule has 108 valence electrons. The third-order valence-electron chi connectivity index (χ3n) is 4.29. The van der Waals surface area contributed by atoms with Gasteiger partial charge in [-0.05, 0) is 39.7 Å². The van der Waals surface area contributed by atoms with E-state index in [0.717, 1.165) is 38.5 Å². The van der Waals surface area contributed by atoms with Crippen LogP contribution in [0.3, 0.4) is 0 Å². The Hall–Kier alpha value is -1.10. The van der Waals surface area contributed by atoms with Gasteiger partial charge in [-0.2, -0.15) is 0 Å². The normalized spacial score (nSPS) is 31.6. The fourth-order valence-corrected chi connectivity index (χ4v) is 3.32. The van der Waals surface area contributed by atoms with E-state index in [-0.39, 0.29) is 24.4 Å². The topological polar surface area (TPSA) is 61.4 Å². The van der Waals surface area contributed by atoms with Gasteiger partial charge in [0.05, 0.1) is 6.54 Å². The molecule has 3 atom stereocenters. The quantitative estimate of drug-likeness (QED) is 0.789. The number of likely N-dealkylation sites (N-methyl/N-ethyl adjacent to an activating group) is 1. The number of carbonyl (C=O) groups excluding carboxylic acids is 2. The number of amides is 2. The van der Waals surface area contributed by atoms with Gasteiger partial charge < -0.3 is 15.5 Å². The fourth-order valence-electron chi connectivity index (χ4n) is 3.32. The van der Waals surface area contributed by atoms with E-state index in [0.29, 0.717) is 12.1 Å². The van der Waals surface area contributed by atoms with E-state index in [4.69, 9.17) is 0 Å². The number of nitrogens with zero attached hydrogens (tertiary/aromatic N) is 1. The molecule has 2 saturated heterocycles. The summed E-state index contributed by atoms with van der Waals surface area (Å²) in [5.74, 6) is 0.0315. The van der Waals surface area contributed by atoms with E-state index in [2.05, 4.69) is 17.6 Å². The molecule has 0 aromatic carbocycles. The van der Waals surface area contributed by atoms with Crippen molar-refractivity contribution < 1.29 is 9.59 Å². The van der Waals surface area contributed by atoms with Crippen LogP contribution in [0.1, 0.15) is 45.4 Å². The Labute approximate surface area is 115 Å². The number of fused-ring (bicyclic) bond motifs is 1. The van der Waals surface area contributed by atoms with Crippen LogP contribution in [0.15, 0.2) is 0 Å². The standard InChI is InChI=1S/C14H25N3O2/c1-10-7-8-11-5-3-4-6-12(14(19)17(10)11)16-13(18)9-15-2/h10-12,15H,3-9H2,1-2H3,(H,16,18). The summed E-state index contributed by atoms with van der Waals surface area (Å²) in [6.45, 7) is 2.38. The molecule has 0 bridgehead atoms. The summed E-state index contributed by atoms with van der Waals surface area (Å²) >= 11 is 0. The van der Waals surface area contributed by atoms with Crippen LogP contribution >= 0.6 is 0 Å². The first-order valence-corrected chi connectivity index (χ1v) is 7.39. The highest BCUT2D eigenvalue weighted by molar-refractivity contribution is 5.88. The Kier molecular flexibility index (Phi) is 4.80. The molecule has 3 unspecified atom stereocenters. The van der Waals surface area contributed by atoms with Crippen molar-refractivity contribution in [2.45, 2.75) is 63.6 Å². The molecule has 2 aliphatic heterocycles. The van der Waals surface area contributed by atoms with Crippen molar-refractivity contribution in [2.75, 3.05) is 13.6 Å². The molecule has 0 aromatic rings. The highest BCUT2D eigenvalue weighted by Crippen LogP contribution is 2.30. The van der Waals surface area contributed by atoms with Gasteiger partial charge in [-0.25, -0.2) is 0 Å². The minimum absolute atomic E-state index is 0.0928. The van der Waals surface area contributed by atoms with E-state index in [1.165, 1.54) is 0 Å². The van der Waals surface area contributed by atoms with Gasteiger partial charge in [-0.3, -0.25) is 9.59 Å². The van der Waals surface area contributed by atoms with Gasteiger partial charge >= 0.3 is 0 Å². The highest BCUT2D eigenvalue weighted by atomic mass is 16.2. The third kappa shape index (κ3) is 3.26. The van der Waals surface area contributed by atoms with Crippen molar-refractivity contribution in [3.63, 3.8) is 0 Å². The predicted octanol–water partition coefficient (Wildman–Crippen LogP) is 0.644. The van der Waals surface area contributed by atoms with E-state index in [1.807, 2.05) is 4.90 Å². The minimum atomic E-state index is -0.329. The van der Waals surface area contributed by atoms with Gasteiger partial charge in [0.25, 0.3) is 0 Å². The summed E-state index contributed by atoms with van der Waals surface area (Å²) in [6, 6.07) is 0.384. The second kappa shape index (κ2) is 6.37. The lowest BCUT2D eigenvalue weighted by Crippen LogP contribution is -2.53. The lowest BCUT2D eigenvalue weighted by Gasteiger charge is -2.34. The molecular formula is C14H25N3O2. The molecule has 0 radical (unpaired) electrons. The van der Waals surface area contributed by atoms with E-state index >= 15 is 0 Å². The Morgan fingerprint density at radius 3 is 2.74 bits per heavy atom. The van der Waals surface area contributed by atoms with E-state index in [1.54, 1.807) is 7.05 Å². The van der Waals surface area contributed by atoms with Crippen LogP contribution in [0.25, 0.3) is 0 Å². The summed E-state index contributed by atoms with van der Waals surface area (Å²) in [5, 5.41) is 5.70. The molecular weight excluding hydrogens is 242 g/mol. The van der Waals surface area contributed by atoms with Crippen molar-refractivity contribution in [1.29, 1.82) is 0 Å². The minimum Gasteiger partial charge on any atom is -0.343 e. The lowest BCUT2D eigenvalue weighted by atomic mass is 9.99. The molecule has 2 fully saturated rings. The number of nitrogens with one attached hydrogen (secondary N) is 2. The van der Waals surface area contributed by atoms with Crippen molar-refractivity contribution in [1.82, 2.24) is 15.5 Å². The van der Waals surface area contributed by atoms with Crippen molar-refractivity contribution in [3.8, 4) is 0 Å². The van der Waals surface area contributed by atoms with Crippen molar-refractivity contribution >= 4 is 11.8 Å². The lowest BCUT2D eigenvalue weighted by molar-refractivity contribution is -0.139. The van der Waals surface area contributed by atoms with E-state index < -0.39 is 0 Å². The molecule has 2 aliphatic rings. The molecule has 19 heavy (non-hydrogen) atoms. The van der Waals surface area contributed by atoms with Crippen LogP contribution < -0.4 is 10.6 Å². The second-order valence-electron chi connectivity index (χ2n) is 5.76. The van der Waals surface area contributed by atoms with Crippen molar-refractivity contribution in [3.05, 3.63) is 0 Å². The summed E-state index contributed by atoms with van der Waals surface area (Å²) in [4.78, 5) is 26.3. The van der Waals surface area contributed by atoms with Crippen LogP contribution in [0.5, 0.6) is 0 Å². The molecule has 2 rings (SSSR count). The molecule has 0 spiro atoms. The van der Waals surface area contributed by atoms with Gasteiger partial charge in [0, 0.05) is 12.1 Å². The zero-order chi connectivity index (χ0) is 13.8. The maximum absolute atomic E-state index is 12.6. The van der Waals surface area contributed by atoms with E-state index in [9.17, 15) is 9.59 Å². The smallest absolute Gasteiger partial charge is 0.245 e. The SMILES string of the molecule is CNCC(=O)NC1CCCCC2CCC(C)N2C1=O. The molecule has 0 aromatic heterocycles. The molecule has 2 amide bonds. The average molecular weight is 267 g/mol. The van der Waals surface area contributed by atoms with Crippen LogP contribution in [-0.2, 0) is 9.59 Å². The Balaban J connectivity index is 2.05. The van der Waals surface area contributed by atoms with Gasteiger partial charge in [0.1, 0.15) is 6.04 Å². The first-order valence-electron chi connectivity index (χ1n) is 7.39. The predicted molar refractivity (Wildman–Crippen MR) is 73.7 cm³/mol. The molecule has 2 heterocycles. The Bertz CT molecular complexity index is 346. The van der Waals surface area contributed by atoms with Crippen LogP contribution in [0.2, 0.25) is 0 Å². The van der Waals surface area contributed by atoms with Gasteiger partial charge in [-0.15, -0.1) is 0 Å². The van der Waals surface area contributed by atoms with Crippen LogP contribution in [-0.4, -0.2) is 48.4 Å². The van der Waals surface area contributed by atoms with Gasteiger partial charge in [0.2, 0.25) is 11.8 Å². The number of rotatable bonds is 3. The third-order valence-corrected chi connectivity index (χ3v) is 4.29. The Morgan fingerprint density at radius 2 is 2.00 bits per heavy atom. The van der Waals surface area contributed by atoms with Gasteiger partial charge in [-0.1, -0.05) is 12.8 Å². The summed E-state index contributed by atoms with van der Waals surface area (Å²) in [7, 11) is 1.73. The highest BCUT2D eigenvalue weighted by Gasteiger charge is 2.38. The fraction of sp³-hybridized carbons (Fsp3) is 0.857. The number of hydrogen-bond acceptors (Lipinski definition) is 3. The first-order chi connectivity index (χ1) is 9.13. The van der Waals surface area contributed by atoms with Gasteiger partial charge in [0.15, 0.2) is 0 Å².